The van der Waals surface area contributed by atoms with Crippen LogP contribution in [0.1, 0.15) is 35.2 Å². The SMILES string of the molecule is COc1cccc(CN2CCC[C@]3(CCN(C(=O)c4c[nH]c(=O)cc4O)C3)C2=O)c1. The second kappa shape index (κ2) is 7.85. The van der Waals surface area contributed by atoms with Crippen molar-refractivity contribution in [2.75, 3.05) is 26.7 Å². The fourth-order valence-corrected chi connectivity index (χ4v) is 4.52. The number of pyridine rings is 1. The molecule has 0 radical (unpaired) electrons. The van der Waals surface area contributed by atoms with Gasteiger partial charge < -0.3 is 24.6 Å². The van der Waals surface area contributed by atoms with Crippen molar-refractivity contribution in [2.24, 2.45) is 5.41 Å². The molecular formula is C22H25N3O5. The molecule has 0 bridgehead atoms. The van der Waals surface area contributed by atoms with E-state index in [0.717, 1.165) is 30.2 Å². The number of piperidine rings is 1. The maximum absolute atomic E-state index is 13.4. The molecule has 3 heterocycles. The van der Waals surface area contributed by atoms with Crippen molar-refractivity contribution < 1.29 is 19.4 Å². The zero-order chi connectivity index (χ0) is 21.3. The number of nitrogens with zero attached hydrogens (tertiary/aromatic N) is 2. The Balaban J connectivity index is 1.49. The lowest BCUT2D eigenvalue weighted by molar-refractivity contribution is -0.146. The van der Waals surface area contributed by atoms with Crippen LogP contribution < -0.4 is 10.3 Å². The number of H-pyrrole nitrogens is 1. The van der Waals surface area contributed by atoms with Gasteiger partial charge in [-0.15, -0.1) is 0 Å². The fraction of sp³-hybridized carbons (Fsp3) is 0.409. The van der Waals surface area contributed by atoms with E-state index in [1.54, 1.807) is 12.0 Å². The topological polar surface area (TPSA) is 103 Å². The molecule has 2 aliphatic heterocycles. The standard InChI is InChI=1S/C22H25N3O5/c1-30-16-5-2-4-15(10-16)13-24-8-3-6-22(21(24)29)7-9-25(14-22)20(28)17-12-23-19(27)11-18(17)26/h2,4-5,10-12H,3,6-9,13-14H2,1H3,(H2,23,26,27)/t22-/m1/s1. The lowest BCUT2D eigenvalue weighted by Crippen LogP contribution is -2.50. The first kappa shape index (κ1) is 20.0. The molecule has 4 rings (SSSR count). The Labute approximate surface area is 174 Å². The number of hydrogen-bond acceptors (Lipinski definition) is 5. The highest BCUT2D eigenvalue weighted by molar-refractivity contribution is 5.97. The van der Waals surface area contributed by atoms with Gasteiger partial charge in [-0.05, 0) is 37.0 Å². The molecule has 2 amide bonds. The minimum atomic E-state index is -0.593. The maximum atomic E-state index is 13.4. The summed E-state index contributed by atoms with van der Waals surface area (Å²) in [7, 11) is 1.62. The average molecular weight is 411 g/mol. The number of hydrogen-bond donors (Lipinski definition) is 2. The van der Waals surface area contributed by atoms with Crippen molar-refractivity contribution in [3.05, 3.63) is 58.0 Å². The zero-order valence-corrected chi connectivity index (χ0v) is 16.9. The number of carbonyl (C=O) groups is 2. The summed E-state index contributed by atoms with van der Waals surface area (Å²) < 4.78 is 5.27. The van der Waals surface area contributed by atoms with Crippen LogP contribution in [0.15, 0.2) is 41.3 Å². The van der Waals surface area contributed by atoms with Gasteiger partial charge >= 0.3 is 0 Å². The molecule has 8 nitrogen and oxygen atoms in total. The molecule has 1 aromatic carbocycles. The number of benzene rings is 1. The third-order valence-electron chi connectivity index (χ3n) is 6.11. The molecular weight excluding hydrogens is 386 g/mol. The van der Waals surface area contributed by atoms with E-state index < -0.39 is 11.0 Å². The van der Waals surface area contributed by atoms with E-state index >= 15 is 0 Å². The molecule has 1 spiro atoms. The monoisotopic (exact) mass is 411 g/mol. The van der Waals surface area contributed by atoms with Gasteiger partial charge in [0.25, 0.3) is 11.5 Å². The van der Waals surface area contributed by atoms with E-state index in [9.17, 15) is 19.5 Å². The van der Waals surface area contributed by atoms with E-state index in [1.807, 2.05) is 29.2 Å². The highest BCUT2D eigenvalue weighted by Gasteiger charge is 2.49. The Bertz CT molecular complexity index is 1030. The second-order valence-corrected chi connectivity index (χ2v) is 8.04. The third-order valence-corrected chi connectivity index (χ3v) is 6.11. The molecule has 1 atom stereocenters. The number of nitrogens with one attached hydrogen (secondary N) is 1. The van der Waals surface area contributed by atoms with Gasteiger partial charge in [-0.3, -0.25) is 14.4 Å². The number of aromatic hydroxyl groups is 1. The van der Waals surface area contributed by atoms with E-state index in [0.29, 0.717) is 32.6 Å². The quantitative estimate of drug-likeness (QED) is 0.798. The number of methoxy groups -OCH3 is 1. The lowest BCUT2D eigenvalue weighted by Gasteiger charge is -2.39. The summed E-state index contributed by atoms with van der Waals surface area (Å²) in [5.41, 5.74) is -0.0190. The average Bonchev–Trinajstić information content (AvgIpc) is 3.16. The van der Waals surface area contributed by atoms with Gasteiger partial charge in [-0.25, -0.2) is 0 Å². The number of aromatic nitrogens is 1. The number of carbonyl (C=O) groups excluding carboxylic acids is 2. The summed E-state index contributed by atoms with van der Waals surface area (Å²) in [6.45, 7) is 1.95. The Morgan fingerprint density at radius 2 is 2.07 bits per heavy atom. The minimum absolute atomic E-state index is 0.0446. The summed E-state index contributed by atoms with van der Waals surface area (Å²) in [5.74, 6) is 0.0975. The van der Waals surface area contributed by atoms with Crippen molar-refractivity contribution >= 4 is 11.8 Å². The van der Waals surface area contributed by atoms with Crippen LogP contribution >= 0.6 is 0 Å². The van der Waals surface area contributed by atoms with Crippen molar-refractivity contribution in [1.82, 2.24) is 14.8 Å². The lowest BCUT2D eigenvalue weighted by atomic mass is 9.78. The molecule has 2 aromatic rings. The molecule has 0 saturated carbocycles. The van der Waals surface area contributed by atoms with E-state index in [1.165, 1.54) is 6.20 Å². The van der Waals surface area contributed by atoms with Crippen LogP contribution in [0.25, 0.3) is 0 Å². The van der Waals surface area contributed by atoms with Crippen LogP contribution in [0.2, 0.25) is 0 Å². The van der Waals surface area contributed by atoms with Crippen molar-refractivity contribution in [1.29, 1.82) is 0 Å². The molecule has 2 fully saturated rings. The van der Waals surface area contributed by atoms with E-state index in [-0.39, 0.29) is 23.1 Å². The first-order chi connectivity index (χ1) is 14.4. The summed E-state index contributed by atoms with van der Waals surface area (Å²) in [6, 6.07) is 8.67. The largest absolute Gasteiger partial charge is 0.507 e. The normalized spacial score (nSPS) is 21.3. The number of likely N-dealkylation sites (tertiary alicyclic amines) is 2. The second-order valence-electron chi connectivity index (χ2n) is 8.04. The molecule has 2 N–H and O–H groups in total. The van der Waals surface area contributed by atoms with Gasteiger partial charge in [-0.1, -0.05) is 12.1 Å². The Kier molecular flexibility index (Phi) is 5.24. The van der Waals surface area contributed by atoms with Gasteiger partial charge in [0.2, 0.25) is 5.91 Å². The Hall–Kier alpha value is -3.29. The van der Waals surface area contributed by atoms with Gasteiger partial charge in [0, 0.05) is 38.4 Å². The van der Waals surface area contributed by atoms with Gasteiger partial charge in [-0.2, -0.15) is 0 Å². The first-order valence-corrected chi connectivity index (χ1v) is 10.1. The number of rotatable bonds is 4. The Morgan fingerprint density at radius 1 is 1.23 bits per heavy atom. The third kappa shape index (κ3) is 3.65. The highest BCUT2D eigenvalue weighted by Crippen LogP contribution is 2.41. The van der Waals surface area contributed by atoms with E-state index in [4.69, 9.17) is 4.74 Å². The van der Waals surface area contributed by atoms with Crippen LogP contribution in [-0.4, -0.2) is 58.4 Å². The molecule has 2 aliphatic rings. The van der Waals surface area contributed by atoms with E-state index in [2.05, 4.69) is 4.98 Å². The summed E-state index contributed by atoms with van der Waals surface area (Å²) in [4.78, 5) is 43.4. The Morgan fingerprint density at radius 3 is 2.83 bits per heavy atom. The molecule has 8 heteroatoms. The fourth-order valence-electron chi connectivity index (χ4n) is 4.52. The van der Waals surface area contributed by atoms with Gasteiger partial charge in [0.1, 0.15) is 11.5 Å². The predicted octanol–water partition coefficient (Wildman–Crippen LogP) is 1.74. The summed E-state index contributed by atoms with van der Waals surface area (Å²) in [5, 5.41) is 9.97. The van der Waals surface area contributed by atoms with Crippen LogP contribution in [0.4, 0.5) is 0 Å². The number of amides is 2. The van der Waals surface area contributed by atoms with Crippen molar-refractivity contribution in [3.8, 4) is 11.5 Å². The van der Waals surface area contributed by atoms with Gasteiger partial charge in [0.05, 0.1) is 18.1 Å². The smallest absolute Gasteiger partial charge is 0.259 e. The van der Waals surface area contributed by atoms with Crippen LogP contribution in [0.5, 0.6) is 11.5 Å². The molecule has 0 unspecified atom stereocenters. The summed E-state index contributed by atoms with van der Waals surface area (Å²) in [6.07, 6.45) is 3.43. The molecule has 0 aliphatic carbocycles. The van der Waals surface area contributed by atoms with Crippen LogP contribution in [0.3, 0.4) is 0 Å². The highest BCUT2D eigenvalue weighted by atomic mass is 16.5. The molecule has 30 heavy (non-hydrogen) atoms. The summed E-state index contributed by atoms with van der Waals surface area (Å²) >= 11 is 0. The molecule has 1 aromatic heterocycles. The first-order valence-electron chi connectivity index (χ1n) is 10.1. The zero-order valence-electron chi connectivity index (χ0n) is 16.9. The van der Waals surface area contributed by atoms with Gasteiger partial charge in [0.15, 0.2) is 0 Å². The van der Waals surface area contributed by atoms with Crippen LogP contribution in [0, 0.1) is 5.41 Å². The minimum Gasteiger partial charge on any atom is -0.507 e. The van der Waals surface area contributed by atoms with Crippen LogP contribution in [-0.2, 0) is 11.3 Å². The number of ether oxygens (including phenoxy) is 1. The maximum Gasteiger partial charge on any atom is 0.259 e. The molecule has 158 valence electrons. The van der Waals surface area contributed by atoms with Crippen molar-refractivity contribution in [3.63, 3.8) is 0 Å². The number of aromatic amines is 1. The molecule has 2 saturated heterocycles. The predicted molar refractivity (Wildman–Crippen MR) is 109 cm³/mol. The van der Waals surface area contributed by atoms with Crippen molar-refractivity contribution in [2.45, 2.75) is 25.8 Å².